The van der Waals surface area contributed by atoms with E-state index in [0.717, 1.165) is 0 Å². The lowest BCUT2D eigenvalue weighted by atomic mass is 9.78. The molecule has 0 aliphatic carbocycles. The molecule has 0 spiro atoms. The maximum Gasteiger partial charge on any atom is 0.489 e. The fraction of sp³-hybridized carbons (Fsp3) is 0.143. The molecule has 0 unspecified atom stereocenters. The molecule has 11 heavy (non-hydrogen) atoms. The predicted molar refractivity (Wildman–Crippen MR) is 48.1 cm³/mol. The van der Waals surface area contributed by atoms with Crippen molar-refractivity contribution < 1.29 is 10.0 Å². The minimum Gasteiger partial charge on any atom is -0.423 e. The molecule has 0 aliphatic rings. The Morgan fingerprint density at radius 3 is 2.09 bits per heavy atom. The van der Waals surface area contributed by atoms with Crippen LogP contribution in [0.1, 0.15) is 6.92 Å². The first-order valence-electron chi connectivity index (χ1n) is 3.04. The van der Waals surface area contributed by atoms with Gasteiger partial charge in [-0.2, -0.15) is 0 Å². The van der Waals surface area contributed by atoms with Gasteiger partial charge in [0.2, 0.25) is 0 Å². The van der Waals surface area contributed by atoms with Crippen LogP contribution in [0, 0.1) is 0 Å². The van der Waals surface area contributed by atoms with Gasteiger partial charge in [0.15, 0.2) is 0 Å². The van der Waals surface area contributed by atoms with Crippen LogP contribution in [0.2, 0.25) is 0 Å². The summed E-state index contributed by atoms with van der Waals surface area (Å²) in [7, 11) is -1.59. The Kier molecular flexibility index (Phi) is 4.19. The number of hydrogen-bond acceptors (Lipinski definition) is 2. The molecule has 0 aromatic rings. The van der Waals surface area contributed by atoms with Gasteiger partial charge in [-0.1, -0.05) is 30.8 Å². The lowest BCUT2D eigenvalue weighted by Gasteiger charge is -2.03. The van der Waals surface area contributed by atoms with E-state index in [9.17, 15) is 0 Å². The Hall–Kier alpha value is -0.505. The van der Waals surface area contributed by atoms with Crippen molar-refractivity contribution in [2.75, 3.05) is 0 Å². The molecule has 2 N–H and O–H groups in total. The Balaban J connectivity index is 4.83. The van der Waals surface area contributed by atoms with Crippen molar-refractivity contribution >= 4 is 18.7 Å². The van der Waals surface area contributed by atoms with Gasteiger partial charge < -0.3 is 10.0 Å². The van der Waals surface area contributed by atoms with Crippen LogP contribution in [-0.4, -0.2) is 17.2 Å². The van der Waals surface area contributed by atoms with Gasteiger partial charge in [0.25, 0.3) is 0 Å². The number of halogens is 1. The van der Waals surface area contributed by atoms with E-state index in [2.05, 4.69) is 13.2 Å². The van der Waals surface area contributed by atoms with Crippen molar-refractivity contribution in [3.63, 3.8) is 0 Å². The summed E-state index contributed by atoms with van der Waals surface area (Å²) in [6.45, 7) is 8.60. The molecule has 4 heteroatoms. The Labute approximate surface area is 71.6 Å². The topological polar surface area (TPSA) is 40.5 Å². The summed E-state index contributed by atoms with van der Waals surface area (Å²) < 4.78 is 0. The van der Waals surface area contributed by atoms with Crippen molar-refractivity contribution in [3.05, 3.63) is 35.3 Å². The first-order valence-corrected chi connectivity index (χ1v) is 3.42. The third-order valence-electron chi connectivity index (χ3n) is 1.13. The second-order valence-electron chi connectivity index (χ2n) is 2.13. The molecule has 0 fully saturated rings. The van der Waals surface area contributed by atoms with E-state index in [1.54, 1.807) is 6.92 Å². The maximum absolute atomic E-state index is 8.73. The Morgan fingerprint density at radius 2 is 2.00 bits per heavy atom. The molecule has 0 radical (unpaired) electrons. The second-order valence-corrected chi connectivity index (χ2v) is 2.51. The van der Waals surface area contributed by atoms with Crippen molar-refractivity contribution in [3.8, 4) is 0 Å². The minimum atomic E-state index is -1.59. The summed E-state index contributed by atoms with van der Waals surface area (Å²) in [5.41, 5.74) is 0.758. The molecule has 0 amide bonds. The van der Waals surface area contributed by atoms with Gasteiger partial charge in [-0.3, -0.25) is 0 Å². The van der Waals surface area contributed by atoms with Gasteiger partial charge in [-0.25, -0.2) is 0 Å². The van der Waals surface area contributed by atoms with E-state index in [4.69, 9.17) is 21.6 Å². The van der Waals surface area contributed by atoms with E-state index in [-0.39, 0.29) is 10.5 Å². The molecule has 0 aromatic carbocycles. The van der Waals surface area contributed by atoms with E-state index in [0.29, 0.717) is 5.57 Å². The van der Waals surface area contributed by atoms with Crippen molar-refractivity contribution in [2.24, 2.45) is 0 Å². The molecule has 60 valence electrons. The smallest absolute Gasteiger partial charge is 0.423 e. The summed E-state index contributed by atoms with van der Waals surface area (Å²) in [5, 5.41) is 17.7. The normalized spacial score (nSPS) is 12.0. The largest absolute Gasteiger partial charge is 0.489 e. The molecule has 0 heterocycles. The second kappa shape index (κ2) is 4.39. The number of rotatable bonds is 3. The highest BCUT2D eigenvalue weighted by molar-refractivity contribution is 6.55. The molecule has 0 saturated heterocycles. The molecule has 0 atom stereocenters. The van der Waals surface area contributed by atoms with E-state index < -0.39 is 7.12 Å². The summed E-state index contributed by atoms with van der Waals surface area (Å²) in [4.78, 5) is 0. The molecule has 2 nitrogen and oxygen atoms in total. The van der Waals surface area contributed by atoms with Crippen LogP contribution in [-0.2, 0) is 0 Å². The first kappa shape index (κ1) is 10.5. The van der Waals surface area contributed by atoms with Gasteiger partial charge in [-0.15, -0.1) is 0 Å². The maximum atomic E-state index is 8.73. The molecule has 0 aromatic heterocycles. The van der Waals surface area contributed by atoms with Gasteiger partial charge in [-0.05, 0) is 12.5 Å². The highest BCUT2D eigenvalue weighted by Crippen LogP contribution is 2.18. The van der Waals surface area contributed by atoms with E-state index in [1.807, 2.05) is 0 Å². The third kappa shape index (κ3) is 2.93. The van der Waals surface area contributed by atoms with Crippen molar-refractivity contribution in [1.29, 1.82) is 0 Å². The highest BCUT2D eigenvalue weighted by atomic mass is 35.5. The Bertz CT molecular complexity index is 208. The predicted octanol–water partition coefficient (Wildman–Crippen LogP) is 1.25. The van der Waals surface area contributed by atoms with Gasteiger partial charge in [0.05, 0.1) is 0 Å². The van der Waals surface area contributed by atoms with Crippen LogP contribution < -0.4 is 0 Å². The highest BCUT2D eigenvalue weighted by Gasteiger charge is 2.15. The van der Waals surface area contributed by atoms with Crippen LogP contribution >= 0.6 is 11.6 Å². The summed E-state index contributed by atoms with van der Waals surface area (Å²) in [6, 6.07) is 0. The Morgan fingerprint density at radius 1 is 1.55 bits per heavy atom. The fourth-order valence-electron chi connectivity index (χ4n) is 0.555. The lowest BCUT2D eigenvalue weighted by Crippen LogP contribution is -2.15. The number of hydrogen-bond donors (Lipinski definition) is 2. The van der Waals surface area contributed by atoms with Crippen molar-refractivity contribution in [2.45, 2.75) is 6.92 Å². The van der Waals surface area contributed by atoms with Gasteiger partial charge in [0.1, 0.15) is 0 Å². The molecular weight excluding hydrogens is 162 g/mol. The fourth-order valence-corrected chi connectivity index (χ4v) is 0.730. The third-order valence-corrected chi connectivity index (χ3v) is 1.67. The van der Waals surface area contributed by atoms with Crippen molar-refractivity contribution in [1.82, 2.24) is 0 Å². The summed E-state index contributed by atoms with van der Waals surface area (Å²) in [5.74, 6) is 0. The minimum absolute atomic E-state index is 0.180. The standard InChI is InChI=1S/C7H10BClO2/c1-4-6(8(10)11)7(9)5(2)3/h4,10-11H,1-2H2,3H3/b7-6-. The zero-order valence-corrected chi connectivity index (χ0v) is 7.10. The van der Waals surface area contributed by atoms with Crippen LogP contribution in [0.15, 0.2) is 35.3 Å². The zero-order valence-electron chi connectivity index (χ0n) is 6.34. The van der Waals surface area contributed by atoms with Gasteiger partial charge in [0, 0.05) is 10.5 Å². The average Bonchev–Trinajstić information content (AvgIpc) is 1.88. The molecule has 0 aliphatic heterocycles. The zero-order chi connectivity index (χ0) is 9.02. The average molecular weight is 172 g/mol. The quantitative estimate of drug-likeness (QED) is 0.497. The van der Waals surface area contributed by atoms with Crippen LogP contribution in [0.3, 0.4) is 0 Å². The molecular formula is C7H10BClO2. The summed E-state index contributed by atoms with van der Waals surface area (Å²) in [6.07, 6.45) is 1.29. The molecule has 0 rings (SSSR count). The lowest BCUT2D eigenvalue weighted by molar-refractivity contribution is 0.420. The molecule has 0 saturated carbocycles. The van der Waals surface area contributed by atoms with Crippen LogP contribution in [0.25, 0.3) is 0 Å². The van der Waals surface area contributed by atoms with Crippen LogP contribution in [0.5, 0.6) is 0 Å². The van der Waals surface area contributed by atoms with E-state index in [1.165, 1.54) is 6.08 Å². The monoisotopic (exact) mass is 172 g/mol. The van der Waals surface area contributed by atoms with E-state index >= 15 is 0 Å². The molecule has 0 bridgehead atoms. The van der Waals surface area contributed by atoms with Crippen LogP contribution in [0.4, 0.5) is 0 Å². The van der Waals surface area contributed by atoms with Gasteiger partial charge >= 0.3 is 7.12 Å². The first-order chi connectivity index (χ1) is 5.00. The SMILES string of the molecule is C=C/C(B(O)O)=C(/Cl)C(=C)C. The number of allylic oxidation sites excluding steroid dienone is 4. The summed E-state index contributed by atoms with van der Waals surface area (Å²) >= 11 is 5.67.